The number of hydrogen-bond acceptors (Lipinski definition) is 1. The van der Waals surface area contributed by atoms with E-state index >= 15 is 0 Å². The molecule has 0 radical (unpaired) electrons. The summed E-state index contributed by atoms with van der Waals surface area (Å²) < 4.78 is 1.98. The summed E-state index contributed by atoms with van der Waals surface area (Å²) in [6.45, 7) is 6.03. The lowest BCUT2D eigenvalue weighted by Crippen LogP contribution is -2.00. The van der Waals surface area contributed by atoms with Crippen molar-refractivity contribution in [3.05, 3.63) is 22.0 Å². The van der Waals surface area contributed by atoms with Gasteiger partial charge in [0, 0.05) is 18.4 Å². The van der Waals surface area contributed by atoms with Gasteiger partial charge in [-0.05, 0) is 12.8 Å². The lowest BCUT2D eigenvalue weighted by Gasteiger charge is -2.08. The summed E-state index contributed by atoms with van der Waals surface area (Å²) in [6.07, 6.45) is 0.823. The van der Waals surface area contributed by atoms with Gasteiger partial charge < -0.3 is 4.57 Å². The molecule has 0 aliphatic heterocycles. The smallest absolute Gasteiger partial charge is 0.153 e. The third kappa shape index (κ3) is 1.51. The highest BCUT2D eigenvalue weighted by atomic mass is 35.5. The van der Waals surface area contributed by atoms with Crippen molar-refractivity contribution in [2.45, 2.75) is 26.7 Å². The van der Waals surface area contributed by atoms with Gasteiger partial charge in [-0.1, -0.05) is 25.4 Å². The van der Waals surface area contributed by atoms with Crippen LogP contribution < -0.4 is 0 Å². The summed E-state index contributed by atoms with van der Waals surface area (Å²) >= 11 is 6.08. The fourth-order valence-corrected chi connectivity index (χ4v) is 2.11. The van der Waals surface area contributed by atoms with Gasteiger partial charge in [-0.25, -0.2) is 0 Å². The normalized spacial score (nSPS) is 10.9. The minimum absolute atomic E-state index is 0.338. The molecular weight excluding hydrogens is 186 g/mol. The van der Waals surface area contributed by atoms with E-state index < -0.39 is 0 Å². The van der Waals surface area contributed by atoms with Gasteiger partial charge in [-0.3, -0.25) is 4.79 Å². The molecule has 0 atom stereocenters. The highest BCUT2D eigenvalue weighted by molar-refractivity contribution is 6.34. The second-order valence-corrected chi connectivity index (χ2v) is 3.91. The van der Waals surface area contributed by atoms with Crippen LogP contribution in [0.25, 0.3) is 0 Å². The van der Waals surface area contributed by atoms with Crippen LogP contribution in [0.15, 0.2) is 0 Å². The predicted octanol–water partition coefficient (Wildman–Crippen LogP) is 2.92. The Balaban J connectivity index is 3.45. The number of hydrogen-bond donors (Lipinski definition) is 0. The molecule has 0 saturated carbocycles. The van der Waals surface area contributed by atoms with Gasteiger partial charge in [0.15, 0.2) is 6.29 Å². The monoisotopic (exact) mass is 199 g/mol. The van der Waals surface area contributed by atoms with Crippen molar-refractivity contribution in [2.24, 2.45) is 7.05 Å². The zero-order valence-electron chi connectivity index (χ0n) is 8.39. The molecule has 1 heterocycles. The van der Waals surface area contributed by atoms with Gasteiger partial charge in [0.2, 0.25) is 0 Å². The van der Waals surface area contributed by atoms with Crippen LogP contribution in [-0.2, 0) is 7.05 Å². The first kappa shape index (κ1) is 10.3. The Morgan fingerprint density at radius 2 is 2.00 bits per heavy atom. The zero-order chi connectivity index (χ0) is 10.2. The summed E-state index contributed by atoms with van der Waals surface area (Å²) in [6, 6.07) is 0. The van der Waals surface area contributed by atoms with Crippen molar-refractivity contribution >= 4 is 17.9 Å². The van der Waals surface area contributed by atoms with Crippen LogP contribution in [0.5, 0.6) is 0 Å². The lowest BCUT2D eigenvalue weighted by atomic mass is 10.1. The molecule has 13 heavy (non-hydrogen) atoms. The second-order valence-electron chi connectivity index (χ2n) is 3.53. The Kier molecular flexibility index (Phi) is 2.81. The first-order valence-electron chi connectivity index (χ1n) is 4.30. The van der Waals surface area contributed by atoms with Crippen molar-refractivity contribution in [2.75, 3.05) is 0 Å². The van der Waals surface area contributed by atoms with Gasteiger partial charge in [0.25, 0.3) is 0 Å². The van der Waals surface area contributed by atoms with Gasteiger partial charge >= 0.3 is 0 Å². The minimum atomic E-state index is 0.338. The molecule has 1 rings (SSSR count). The average Bonchev–Trinajstić information content (AvgIpc) is 2.24. The summed E-state index contributed by atoms with van der Waals surface area (Å²) in [7, 11) is 1.93. The summed E-state index contributed by atoms with van der Waals surface area (Å²) in [5.41, 5.74) is 2.58. The quantitative estimate of drug-likeness (QED) is 0.672. The van der Waals surface area contributed by atoms with Crippen molar-refractivity contribution in [1.29, 1.82) is 0 Å². The first-order chi connectivity index (χ1) is 6.00. The van der Waals surface area contributed by atoms with Gasteiger partial charge in [-0.2, -0.15) is 0 Å². The average molecular weight is 200 g/mol. The zero-order valence-corrected chi connectivity index (χ0v) is 9.14. The molecule has 1 aromatic heterocycles. The van der Waals surface area contributed by atoms with E-state index in [9.17, 15) is 4.79 Å². The van der Waals surface area contributed by atoms with Crippen LogP contribution in [0.2, 0.25) is 5.02 Å². The molecular formula is C10H14ClNO. The van der Waals surface area contributed by atoms with Gasteiger partial charge in [0.1, 0.15) is 0 Å². The van der Waals surface area contributed by atoms with E-state index in [1.165, 1.54) is 0 Å². The first-order valence-corrected chi connectivity index (χ1v) is 4.68. The fourth-order valence-electron chi connectivity index (χ4n) is 1.58. The van der Waals surface area contributed by atoms with Gasteiger partial charge in [0.05, 0.1) is 10.6 Å². The topological polar surface area (TPSA) is 22.0 Å². The van der Waals surface area contributed by atoms with Crippen LogP contribution in [0.3, 0.4) is 0 Å². The maximum atomic E-state index is 10.7. The number of rotatable bonds is 2. The molecule has 0 fully saturated rings. The Morgan fingerprint density at radius 3 is 2.23 bits per heavy atom. The van der Waals surface area contributed by atoms with Crippen LogP contribution in [0, 0.1) is 6.92 Å². The maximum absolute atomic E-state index is 10.7. The highest BCUT2D eigenvalue weighted by Crippen LogP contribution is 2.30. The van der Waals surface area contributed by atoms with E-state index in [1.54, 1.807) is 0 Å². The number of carbonyl (C=O) groups excluding carboxylic acids is 1. The molecule has 2 nitrogen and oxygen atoms in total. The molecule has 0 N–H and O–H groups in total. The van der Waals surface area contributed by atoms with Crippen molar-refractivity contribution in [1.82, 2.24) is 4.57 Å². The highest BCUT2D eigenvalue weighted by Gasteiger charge is 2.17. The molecule has 1 aromatic rings. The van der Waals surface area contributed by atoms with E-state index in [4.69, 9.17) is 11.6 Å². The molecule has 0 spiro atoms. The number of halogens is 1. The number of aldehydes is 1. The minimum Gasteiger partial charge on any atom is -0.350 e. The van der Waals surface area contributed by atoms with Crippen molar-refractivity contribution in [3.63, 3.8) is 0 Å². The second kappa shape index (κ2) is 3.54. The van der Waals surface area contributed by atoms with Crippen LogP contribution in [0.1, 0.15) is 41.5 Å². The number of carbonyl (C=O) groups is 1. The van der Waals surface area contributed by atoms with Crippen LogP contribution in [0.4, 0.5) is 0 Å². The fraction of sp³-hybridized carbons (Fsp3) is 0.500. The Bertz CT molecular complexity index is 339. The Morgan fingerprint density at radius 1 is 1.46 bits per heavy atom. The van der Waals surface area contributed by atoms with Crippen molar-refractivity contribution < 1.29 is 4.79 Å². The van der Waals surface area contributed by atoms with E-state index in [-0.39, 0.29) is 0 Å². The molecule has 0 saturated heterocycles. The standard InChI is InChI=1S/C10H14ClNO/c1-6(2)10-9(11)8(5-13)7(3)12(10)4/h5-6H,1-4H3. The maximum Gasteiger partial charge on any atom is 0.153 e. The molecule has 0 aromatic carbocycles. The lowest BCUT2D eigenvalue weighted by molar-refractivity contribution is 0.112. The molecule has 3 heteroatoms. The van der Waals surface area contributed by atoms with Crippen molar-refractivity contribution in [3.8, 4) is 0 Å². The van der Waals surface area contributed by atoms with E-state index in [0.717, 1.165) is 17.7 Å². The molecule has 0 amide bonds. The van der Waals surface area contributed by atoms with Gasteiger partial charge in [-0.15, -0.1) is 0 Å². The Labute approximate surface area is 83.5 Å². The molecule has 0 bridgehead atoms. The third-order valence-electron chi connectivity index (χ3n) is 2.38. The molecule has 0 aliphatic carbocycles. The van der Waals surface area contributed by atoms with E-state index in [0.29, 0.717) is 16.5 Å². The summed E-state index contributed by atoms with van der Waals surface area (Å²) in [5, 5.41) is 0.602. The number of nitrogens with zero attached hydrogens (tertiary/aromatic N) is 1. The molecule has 0 unspecified atom stereocenters. The third-order valence-corrected chi connectivity index (χ3v) is 2.78. The number of aromatic nitrogens is 1. The van der Waals surface area contributed by atoms with E-state index in [1.807, 2.05) is 18.5 Å². The summed E-state index contributed by atoms with van der Waals surface area (Å²) in [5.74, 6) is 0.338. The van der Waals surface area contributed by atoms with E-state index in [2.05, 4.69) is 13.8 Å². The predicted molar refractivity (Wildman–Crippen MR) is 54.6 cm³/mol. The molecule has 72 valence electrons. The Hall–Kier alpha value is -0.760. The van der Waals surface area contributed by atoms with Crippen LogP contribution in [-0.4, -0.2) is 10.9 Å². The SMILES string of the molecule is Cc1c(C=O)c(Cl)c(C(C)C)n1C. The van der Waals surface area contributed by atoms with Crippen LogP contribution >= 0.6 is 11.6 Å². The molecule has 0 aliphatic rings. The summed E-state index contributed by atoms with van der Waals surface area (Å²) in [4.78, 5) is 10.7. The largest absolute Gasteiger partial charge is 0.350 e.